The lowest BCUT2D eigenvalue weighted by molar-refractivity contribution is -0.143. The van der Waals surface area contributed by atoms with E-state index in [0.717, 1.165) is 44.1 Å². The van der Waals surface area contributed by atoms with Crippen molar-refractivity contribution in [3.63, 3.8) is 0 Å². The Labute approximate surface area is 242 Å². The summed E-state index contributed by atoms with van der Waals surface area (Å²) in [5, 5.41) is 4.12. The van der Waals surface area contributed by atoms with Gasteiger partial charge in [-0.05, 0) is 68.1 Å². The fourth-order valence-electron chi connectivity index (χ4n) is 7.15. The van der Waals surface area contributed by atoms with Crippen LogP contribution in [0.15, 0.2) is 16.7 Å². The van der Waals surface area contributed by atoms with Crippen LogP contribution in [0, 0.1) is 24.2 Å². The second kappa shape index (κ2) is 10.5. The number of aromatic nitrogens is 1. The van der Waals surface area contributed by atoms with E-state index in [2.05, 4.69) is 12.1 Å². The minimum absolute atomic E-state index is 0.0494. The summed E-state index contributed by atoms with van der Waals surface area (Å²) in [6.07, 6.45) is 2.35. The third kappa shape index (κ3) is 5.32. The van der Waals surface area contributed by atoms with Crippen molar-refractivity contribution in [1.29, 1.82) is 0 Å². The van der Waals surface area contributed by atoms with Crippen LogP contribution >= 0.6 is 11.6 Å². The zero-order chi connectivity index (χ0) is 29.1. The van der Waals surface area contributed by atoms with Gasteiger partial charge >= 0.3 is 6.18 Å². The molecule has 2 aromatic rings. The Kier molecular flexibility index (Phi) is 7.27. The van der Waals surface area contributed by atoms with E-state index < -0.39 is 24.4 Å². The molecule has 0 bridgehead atoms. The van der Waals surface area contributed by atoms with E-state index in [4.69, 9.17) is 20.9 Å². The van der Waals surface area contributed by atoms with Gasteiger partial charge in [0.05, 0.1) is 6.04 Å². The van der Waals surface area contributed by atoms with Crippen LogP contribution in [0.5, 0.6) is 5.75 Å². The number of benzene rings is 1. The Morgan fingerprint density at radius 2 is 2.00 bits per heavy atom. The van der Waals surface area contributed by atoms with Crippen molar-refractivity contribution in [3.05, 3.63) is 45.3 Å². The molecule has 1 spiro atoms. The Morgan fingerprint density at radius 1 is 1.24 bits per heavy atom. The molecule has 3 heterocycles. The third-order valence-electron chi connectivity index (χ3n) is 9.62. The van der Waals surface area contributed by atoms with E-state index in [1.54, 1.807) is 12.1 Å². The van der Waals surface area contributed by atoms with Crippen molar-refractivity contribution >= 4 is 23.4 Å². The maximum atomic E-state index is 14.1. The lowest BCUT2D eigenvalue weighted by atomic mass is 9.78. The normalized spacial score (nSPS) is 25.5. The van der Waals surface area contributed by atoms with Gasteiger partial charge in [-0.15, -0.1) is 0 Å². The van der Waals surface area contributed by atoms with Crippen LogP contribution in [0.1, 0.15) is 86.1 Å². The topological polar surface area (TPSA) is 75.9 Å². The van der Waals surface area contributed by atoms with Crippen LogP contribution < -0.4 is 4.74 Å². The summed E-state index contributed by atoms with van der Waals surface area (Å²) in [4.78, 5) is 30.9. The average Bonchev–Trinajstić information content (AvgIpc) is 3.44. The number of nitrogens with zero attached hydrogens (tertiary/aromatic N) is 3. The Bertz CT molecular complexity index is 1360. The zero-order valence-electron chi connectivity index (χ0n) is 23.4. The standard InChI is InChI=1S/C30H35ClF3N3O4/c1-17-5-3-4-6-19(17)28(39)37-12-9-20-21(31)7-8-24(40-15-22-27(30(32,33)34)18(2)41-35-22)26(20)23(37)14-36-16-29(10-11-29)13-25(36)38/h7-8,17,19,23H,3-6,9-16H2,1-2H3/t17-,19+,23+/m0/s1. The zero-order valence-corrected chi connectivity index (χ0v) is 24.1. The van der Waals surface area contributed by atoms with Gasteiger partial charge in [0.1, 0.15) is 29.4 Å². The smallest absolute Gasteiger partial charge is 0.421 e. The highest BCUT2D eigenvalue weighted by Gasteiger charge is 2.52. The summed E-state index contributed by atoms with van der Waals surface area (Å²) in [6, 6.07) is 2.79. The first-order valence-corrected chi connectivity index (χ1v) is 14.9. The van der Waals surface area contributed by atoms with Crippen LogP contribution in [-0.2, 0) is 28.8 Å². The van der Waals surface area contributed by atoms with Gasteiger partial charge in [-0.2, -0.15) is 13.2 Å². The number of carbonyl (C=O) groups is 2. The summed E-state index contributed by atoms with van der Waals surface area (Å²) in [6.45, 7) is 4.29. The third-order valence-corrected chi connectivity index (χ3v) is 9.97. The number of halogens is 4. The largest absolute Gasteiger partial charge is 0.487 e. The Balaban J connectivity index is 1.36. The molecule has 6 rings (SSSR count). The maximum absolute atomic E-state index is 14.1. The van der Waals surface area contributed by atoms with Gasteiger partial charge < -0.3 is 19.1 Å². The lowest BCUT2D eigenvalue weighted by Gasteiger charge is -2.43. The van der Waals surface area contributed by atoms with Gasteiger partial charge in [0.25, 0.3) is 0 Å². The fraction of sp³-hybridized carbons (Fsp3) is 0.633. The first kappa shape index (κ1) is 28.4. The maximum Gasteiger partial charge on any atom is 0.421 e. The number of aryl methyl sites for hydroxylation is 1. The Hall–Kier alpha value is -2.75. The van der Waals surface area contributed by atoms with Crippen molar-refractivity contribution in [2.75, 3.05) is 19.6 Å². The van der Waals surface area contributed by atoms with Crippen molar-refractivity contribution in [1.82, 2.24) is 15.0 Å². The molecule has 3 atom stereocenters. The number of hydrogen-bond donors (Lipinski definition) is 0. The number of fused-ring (bicyclic) bond motifs is 1. The minimum atomic E-state index is -4.64. The van der Waals surface area contributed by atoms with Crippen molar-refractivity contribution in [2.45, 2.75) is 84.0 Å². The highest BCUT2D eigenvalue weighted by molar-refractivity contribution is 6.31. The number of likely N-dealkylation sites (tertiary alicyclic amines) is 1. The molecule has 1 aromatic heterocycles. The number of alkyl halides is 3. The predicted molar refractivity (Wildman–Crippen MR) is 144 cm³/mol. The molecule has 7 nitrogen and oxygen atoms in total. The van der Waals surface area contributed by atoms with Gasteiger partial charge in [-0.25, -0.2) is 0 Å². The van der Waals surface area contributed by atoms with Gasteiger partial charge in [0, 0.05) is 42.6 Å². The van der Waals surface area contributed by atoms with Crippen LogP contribution in [0.2, 0.25) is 5.02 Å². The summed E-state index contributed by atoms with van der Waals surface area (Å²) < 4.78 is 51.9. The van der Waals surface area contributed by atoms with E-state index in [1.807, 2.05) is 9.80 Å². The first-order chi connectivity index (χ1) is 19.5. The first-order valence-electron chi connectivity index (χ1n) is 14.5. The number of amides is 2. The molecular weight excluding hydrogens is 559 g/mol. The quantitative estimate of drug-likeness (QED) is 0.382. The van der Waals surface area contributed by atoms with Gasteiger partial charge in [-0.3, -0.25) is 9.59 Å². The highest BCUT2D eigenvalue weighted by atomic mass is 35.5. The number of carbonyl (C=O) groups excluding carboxylic acids is 2. The molecule has 11 heteroatoms. The Morgan fingerprint density at radius 3 is 2.68 bits per heavy atom. The molecular formula is C30H35ClF3N3O4. The van der Waals surface area contributed by atoms with E-state index >= 15 is 0 Å². The molecule has 41 heavy (non-hydrogen) atoms. The lowest BCUT2D eigenvalue weighted by Crippen LogP contribution is -2.49. The van der Waals surface area contributed by atoms with Crippen LogP contribution in [-0.4, -0.2) is 46.4 Å². The molecule has 1 aromatic carbocycles. The second-order valence-corrected chi connectivity index (χ2v) is 12.8. The second-order valence-electron chi connectivity index (χ2n) is 12.4. The van der Waals surface area contributed by atoms with Crippen LogP contribution in [0.3, 0.4) is 0 Å². The van der Waals surface area contributed by atoms with Gasteiger partial charge in [0.15, 0.2) is 0 Å². The number of ether oxygens (including phenoxy) is 1. The summed E-state index contributed by atoms with van der Waals surface area (Å²) in [5.74, 6) is 0.307. The fourth-order valence-corrected chi connectivity index (χ4v) is 7.41. The summed E-state index contributed by atoms with van der Waals surface area (Å²) >= 11 is 6.67. The predicted octanol–water partition coefficient (Wildman–Crippen LogP) is 6.50. The monoisotopic (exact) mass is 593 g/mol. The van der Waals surface area contributed by atoms with E-state index in [0.29, 0.717) is 48.8 Å². The summed E-state index contributed by atoms with van der Waals surface area (Å²) in [7, 11) is 0. The van der Waals surface area contributed by atoms with Gasteiger partial charge in [-0.1, -0.05) is 36.5 Å². The average molecular weight is 594 g/mol. The SMILES string of the molecule is Cc1onc(COc2ccc(Cl)c3c2[C@@H](CN2CC4(CC4)CC2=O)N(C(=O)[C@@H]2CCCC[C@@H]2C)CC3)c1C(F)(F)F. The molecule has 0 unspecified atom stereocenters. The molecule has 2 aliphatic carbocycles. The summed E-state index contributed by atoms with van der Waals surface area (Å²) in [5.41, 5.74) is 0.222. The molecule has 2 aliphatic heterocycles. The molecule has 0 radical (unpaired) electrons. The molecule has 0 N–H and O–H groups in total. The molecule has 1 saturated heterocycles. The molecule has 2 saturated carbocycles. The van der Waals surface area contributed by atoms with Crippen molar-refractivity contribution in [2.24, 2.45) is 17.3 Å². The van der Waals surface area contributed by atoms with Crippen molar-refractivity contribution < 1.29 is 32.0 Å². The van der Waals surface area contributed by atoms with Crippen LogP contribution in [0.4, 0.5) is 13.2 Å². The van der Waals surface area contributed by atoms with E-state index in [-0.39, 0.29) is 40.5 Å². The molecule has 4 aliphatic rings. The molecule has 2 amide bonds. The minimum Gasteiger partial charge on any atom is -0.487 e. The van der Waals surface area contributed by atoms with E-state index in [9.17, 15) is 22.8 Å². The van der Waals surface area contributed by atoms with Gasteiger partial charge in [0.2, 0.25) is 11.8 Å². The van der Waals surface area contributed by atoms with E-state index in [1.165, 1.54) is 6.92 Å². The molecule has 3 fully saturated rings. The van der Waals surface area contributed by atoms with Crippen molar-refractivity contribution in [3.8, 4) is 5.75 Å². The number of hydrogen-bond acceptors (Lipinski definition) is 5. The highest BCUT2D eigenvalue weighted by Crippen LogP contribution is 2.54. The number of rotatable bonds is 6. The van der Waals surface area contributed by atoms with Crippen LogP contribution in [0.25, 0.3) is 0 Å². The molecule has 222 valence electrons.